The summed E-state index contributed by atoms with van der Waals surface area (Å²) in [6.07, 6.45) is 6.99. The van der Waals surface area contributed by atoms with Gasteiger partial charge in [0.25, 0.3) is 5.91 Å². The van der Waals surface area contributed by atoms with Gasteiger partial charge in [-0.05, 0) is 42.3 Å². The number of hydrogen-bond donors (Lipinski definition) is 2. The second-order valence-electron chi connectivity index (χ2n) is 7.51. The summed E-state index contributed by atoms with van der Waals surface area (Å²) in [5.74, 6) is 6.38. The van der Waals surface area contributed by atoms with Crippen LogP contribution in [0.5, 0.6) is 0 Å². The quantitative estimate of drug-likeness (QED) is 0.360. The summed E-state index contributed by atoms with van der Waals surface area (Å²) in [5.41, 5.74) is 11.5. The Labute approximate surface area is 196 Å². The van der Waals surface area contributed by atoms with Crippen molar-refractivity contribution in [3.8, 4) is 23.0 Å². The fourth-order valence-corrected chi connectivity index (χ4v) is 3.24. The van der Waals surface area contributed by atoms with E-state index in [0.717, 1.165) is 27.8 Å². The lowest BCUT2D eigenvalue weighted by Crippen LogP contribution is -2.23. The van der Waals surface area contributed by atoms with Crippen LogP contribution in [0.1, 0.15) is 32.6 Å². The molecule has 0 saturated carbocycles. The van der Waals surface area contributed by atoms with E-state index < -0.39 is 0 Å². The molecule has 0 radical (unpaired) electrons. The van der Waals surface area contributed by atoms with Crippen molar-refractivity contribution in [1.82, 2.24) is 25.1 Å². The van der Waals surface area contributed by atoms with Gasteiger partial charge < -0.3 is 11.1 Å². The number of amides is 1. The number of nitrogens with two attached hydrogens (primary N) is 1. The van der Waals surface area contributed by atoms with Crippen LogP contribution in [0.3, 0.4) is 0 Å². The zero-order chi connectivity index (χ0) is 23.4. The molecule has 164 valence electrons. The maximum atomic E-state index is 12.6. The molecule has 0 saturated heterocycles. The third-order valence-corrected chi connectivity index (χ3v) is 5.25. The largest absolute Gasteiger partial charge is 0.383 e. The SMILES string of the molecule is Cc1ccc(C(=O)NCc2ccc(Cl)nc2)cc1C#Cc1cc(-c2cnn(C)c2)cnc1N. The predicted molar refractivity (Wildman–Crippen MR) is 128 cm³/mol. The lowest BCUT2D eigenvalue weighted by molar-refractivity contribution is 0.0951. The van der Waals surface area contributed by atoms with Crippen LogP contribution >= 0.6 is 11.6 Å². The van der Waals surface area contributed by atoms with Crippen LogP contribution < -0.4 is 11.1 Å². The minimum atomic E-state index is -0.201. The van der Waals surface area contributed by atoms with Crippen molar-refractivity contribution < 1.29 is 4.79 Å². The molecule has 4 rings (SSSR count). The summed E-state index contributed by atoms with van der Waals surface area (Å²) in [4.78, 5) is 20.9. The van der Waals surface area contributed by atoms with Crippen molar-refractivity contribution in [3.63, 3.8) is 0 Å². The highest BCUT2D eigenvalue weighted by Crippen LogP contribution is 2.21. The van der Waals surface area contributed by atoms with Crippen molar-refractivity contribution in [3.05, 3.63) is 94.2 Å². The van der Waals surface area contributed by atoms with E-state index in [1.807, 2.05) is 38.4 Å². The van der Waals surface area contributed by atoms with Gasteiger partial charge >= 0.3 is 0 Å². The molecule has 0 atom stereocenters. The van der Waals surface area contributed by atoms with Crippen LogP contribution in [-0.2, 0) is 13.6 Å². The van der Waals surface area contributed by atoms with E-state index in [1.54, 1.807) is 41.5 Å². The summed E-state index contributed by atoms with van der Waals surface area (Å²) in [6, 6.07) is 10.8. The Kier molecular flexibility index (Phi) is 6.38. The number of nitrogens with zero attached hydrogens (tertiary/aromatic N) is 4. The van der Waals surface area contributed by atoms with Crippen LogP contribution in [0.15, 0.2) is 61.2 Å². The van der Waals surface area contributed by atoms with Crippen molar-refractivity contribution in [2.45, 2.75) is 13.5 Å². The standard InChI is InChI=1S/C25H21ClN6O/c1-16-3-5-20(25(33)30-12-17-4-8-23(26)28-11-17)9-18(16)6-7-19-10-21(13-29-24(19)27)22-14-31-32(2)15-22/h3-5,8-11,13-15H,12H2,1-2H3,(H2,27,29)(H,30,33). The molecule has 0 fully saturated rings. The molecular weight excluding hydrogens is 436 g/mol. The highest BCUT2D eigenvalue weighted by molar-refractivity contribution is 6.29. The molecule has 4 aromatic rings. The fourth-order valence-electron chi connectivity index (χ4n) is 3.13. The molecule has 1 amide bonds. The molecule has 7 nitrogen and oxygen atoms in total. The molecule has 33 heavy (non-hydrogen) atoms. The minimum Gasteiger partial charge on any atom is -0.383 e. The van der Waals surface area contributed by atoms with Gasteiger partial charge in [-0.25, -0.2) is 9.97 Å². The van der Waals surface area contributed by atoms with Crippen LogP contribution in [-0.4, -0.2) is 25.7 Å². The molecule has 0 unspecified atom stereocenters. The van der Waals surface area contributed by atoms with E-state index >= 15 is 0 Å². The van der Waals surface area contributed by atoms with E-state index in [0.29, 0.717) is 28.6 Å². The van der Waals surface area contributed by atoms with Crippen molar-refractivity contribution >= 4 is 23.3 Å². The first-order valence-electron chi connectivity index (χ1n) is 10.1. The number of hydrogen-bond acceptors (Lipinski definition) is 5. The number of benzene rings is 1. The summed E-state index contributed by atoms with van der Waals surface area (Å²) in [6.45, 7) is 2.29. The van der Waals surface area contributed by atoms with Crippen LogP contribution in [0, 0.1) is 18.8 Å². The van der Waals surface area contributed by atoms with Crippen LogP contribution in [0.25, 0.3) is 11.1 Å². The van der Waals surface area contributed by atoms with Gasteiger partial charge in [-0.15, -0.1) is 0 Å². The molecular formula is C25H21ClN6O. The van der Waals surface area contributed by atoms with Crippen LogP contribution in [0.2, 0.25) is 5.15 Å². The molecule has 3 heterocycles. The first-order chi connectivity index (χ1) is 15.9. The van der Waals surface area contributed by atoms with Gasteiger partial charge in [0.1, 0.15) is 11.0 Å². The van der Waals surface area contributed by atoms with Crippen molar-refractivity contribution in [2.24, 2.45) is 7.05 Å². The smallest absolute Gasteiger partial charge is 0.251 e. The first kappa shape index (κ1) is 22.1. The zero-order valence-corrected chi connectivity index (χ0v) is 18.9. The predicted octanol–water partition coefficient (Wildman–Crippen LogP) is 3.75. The molecule has 0 aliphatic rings. The Bertz CT molecular complexity index is 1380. The number of pyridine rings is 2. The number of carbonyl (C=O) groups excluding carboxylic acids is 1. The second kappa shape index (κ2) is 9.55. The van der Waals surface area contributed by atoms with Gasteiger partial charge in [0.2, 0.25) is 0 Å². The van der Waals surface area contributed by atoms with E-state index in [2.05, 4.69) is 32.2 Å². The fraction of sp³-hybridized carbons (Fsp3) is 0.120. The van der Waals surface area contributed by atoms with Crippen molar-refractivity contribution in [1.29, 1.82) is 0 Å². The zero-order valence-electron chi connectivity index (χ0n) is 18.1. The number of halogens is 1. The average molecular weight is 457 g/mol. The van der Waals surface area contributed by atoms with Gasteiger partial charge in [0, 0.05) is 54.4 Å². The van der Waals surface area contributed by atoms with E-state index in [1.165, 1.54) is 0 Å². The van der Waals surface area contributed by atoms with Gasteiger partial charge in [0.05, 0.1) is 11.8 Å². The molecule has 0 spiro atoms. The Balaban J connectivity index is 1.54. The van der Waals surface area contributed by atoms with Gasteiger partial charge in [0.15, 0.2) is 0 Å². The van der Waals surface area contributed by atoms with Gasteiger partial charge in [-0.1, -0.05) is 35.6 Å². The molecule has 0 aliphatic carbocycles. The lowest BCUT2D eigenvalue weighted by atomic mass is 10.0. The number of nitrogens with one attached hydrogen (secondary N) is 1. The third kappa shape index (κ3) is 5.37. The van der Waals surface area contributed by atoms with E-state index in [4.69, 9.17) is 17.3 Å². The highest BCUT2D eigenvalue weighted by atomic mass is 35.5. The Morgan fingerprint density at radius 2 is 1.88 bits per heavy atom. The molecule has 0 aliphatic heterocycles. The number of nitrogen functional groups attached to an aromatic ring is 1. The highest BCUT2D eigenvalue weighted by Gasteiger charge is 2.09. The Hall–Kier alpha value is -4.15. The summed E-state index contributed by atoms with van der Waals surface area (Å²) in [7, 11) is 1.85. The summed E-state index contributed by atoms with van der Waals surface area (Å²) < 4.78 is 1.72. The molecule has 3 aromatic heterocycles. The normalized spacial score (nSPS) is 10.4. The lowest BCUT2D eigenvalue weighted by Gasteiger charge is -2.07. The van der Waals surface area contributed by atoms with Crippen LogP contribution in [0.4, 0.5) is 5.82 Å². The Morgan fingerprint density at radius 3 is 2.61 bits per heavy atom. The van der Waals surface area contributed by atoms with Gasteiger partial charge in [-0.2, -0.15) is 5.10 Å². The first-order valence-corrected chi connectivity index (χ1v) is 10.5. The number of aromatic nitrogens is 4. The number of rotatable bonds is 4. The summed E-state index contributed by atoms with van der Waals surface area (Å²) in [5, 5.41) is 7.48. The molecule has 8 heteroatoms. The average Bonchev–Trinajstić information content (AvgIpc) is 3.25. The van der Waals surface area contributed by atoms with Crippen molar-refractivity contribution in [2.75, 3.05) is 5.73 Å². The number of aryl methyl sites for hydroxylation is 2. The second-order valence-corrected chi connectivity index (χ2v) is 7.90. The monoisotopic (exact) mass is 456 g/mol. The summed E-state index contributed by atoms with van der Waals surface area (Å²) >= 11 is 5.80. The molecule has 0 bridgehead atoms. The third-order valence-electron chi connectivity index (χ3n) is 5.03. The molecule has 3 N–H and O–H groups in total. The topological polar surface area (TPSA) is 98.7 Å². The Morgan fingerprint density at radius 1 is 1.06 bits per heavy atom. The number of carbonyl (C=O) groups is 1. The van der Waals surface area contributed by atoms with Gasteiger partial charge in [-0.3, -0.25) is 9.48 Å². The maximum absolute atomic E-state index is 12.6. The van der Waals surface area contributed by atoms with E-state index in [9.17, 15) is 4.79 Å². The number of anilines is 1. The maximum Gasteiger partial charge on any atom is 0.251 e. The molecule has 1 aromatic carbocycles. The van der Waals surface area contributed by atoms with E-state index in [-0.39, 0.29) is 5.91 Å². The minimum absolute atomic E-state index is 0.201.